The molecule has 0 saturated heterocycles. The van der Waals surface area contributed by atoms with Crippen LogP contribution in [0, 0.1) is 11.6 Å². The molecular weight excluding hydrogens is 252 g/mol. The van der Waals surface area contributed by atoms with E-state index in [1.165, 1.54) is 11.1 Å². The Morgan fingerprint density at radius 2 is 1.79 bits per heavy atom. The van der Waals surface area contributed by atoms with Crippen molar-refractivity contribution in [1.29, 1.82) is 0 Å². The molecule has 0 aliphatic heterocycles. The number of aromatic amines is 1. The van der Waals surface area contributed by atoms with Gasteiger partial charge in [0.2, 0.25) is 0 Å². The van der Waals surface area contributed by atoms with Crippen molar-refractivity contribution >= 4 is 12.2 Å². The number of H-pyrrole nitrogens is 1. The predicted octanol–water partition coefficient (Wildman–Crippen LogP) is 4.34. The van der Waals surface area contributed by atoms with Crippen molar-refractivity contribution in [2.45, 2.75) is 39.5 Å². The number of nitrogens with zero attached hydrogens (tertiary/aromatic N) is 1. The zero-order valence-electron chi connectivity index (χ0n) is 11.9. The van der Waals surface area contributed by atoms with Crippen LogP contribution < -0.4 is 0 Å². The van der Waals surface area contributed by atoms with Crippen LogP contribution in [0.2, 0.25) is 0 Å². The van der Waals surface area contributed by atoms with Crippen LogP contribution in [0.1, 0.15) is 43.4 Å². The Balaban J connectivity index is 2.33. The molecule has 0 saturated carbocycles. The summed E-state index contributed by atoms with van der Waals surface area (Å²) in [4.78, 5) is 7.83. The van der Waals surface area contributed by atoms with Gasteiger partial charge in [-0.15, -0.1) is 0 Å². The Labute approximate surface area is 119 Å². The van der Waals surface area contributed by atoms with Gasteiger partial charge in [0.15, 0.2) is 0 Å². The smallest absolute Gasteiger partial charge is 0.130 e. The summed E-state index contributed by atoms with van der Waals surface area (Å²) in [5.74, 6) is 0.932. The Hall–Kier alpha value is -1.48. The minimum atomic E-state index is 0.0541. The van der Waals surface area contributed by atoms with Gasteiger partial charge in [0.1, 0.15) is 10.5 Å². The van der Waals surface area contributed by atoms with E-state index in [1.54, 1.807) is 0 Å². The van der Waals surface area contributed by atoms with Gasteiger partial charge in [0, 0.05) is 17.5 Å². The summed E-state index contributed by atoms with van der Waals surface area (Å²) >= 11 is 5.26. The third-order valence-corrected chi connectivity index (χ3v) is 3.30. The number of benzene rings is 1. The van der Waals surface area contributed by atoms with Crippen LogP contribution in [-0.2, 0) is 11.8 Å². The Kier molecular flexibility index (Phi) is 3.85. The second-order valence-electron chi connectivity index (χ2n) is 5.99. The summed E-state index contributed by atoms with van der Waals surface area (Å²) in [6, 6.07) is 10.5. The van der Waals surface area contributed by atoms with Crippen molar-refractivity contribution in [3.8, 4) is 0 Å². The number of aromatic nitrogens is 2. The summed E-state index contributed by atoms with van der Waals surface area (Å²) in [6.45, 7) is 8.60. The molecular formula is C16H20N2S. The first-order chi connectivity index (χ1) is 8.84. The summed E-state index contributed by atoms with van der Waals surface area (Å²) in [7, 11) is 0. The van der Waals surface area contributed by atoms with Gasteiger partial charge in [0.05, 0.1) is 0 Å². The van der Waals surface area contributed by atoms with Gasteiger partial charge in [-0.1, -0.05) is 62.8 Å². The zero-order chi connectivity index (χ0) is 14.0. The SMILES string of the molecule is Cc1ccc(Cc2nc(=S)cc(C(C)(C)C)[nH]2)cc1. The molecule has 2 aromatic rings. The molecule has 1 heterocycles. The zero-order valence-corrected chi connectivity index (χ0v) is 12.8. The highest BCUT2D eigenvalue weighted by atomic mass is 32.1. The summed E-state index contributed by atoms with van der Waals surface area (Å²) in [5, 5.41) is 0. The fourth-order valence-corrected chi connectivity index (χ4v) is 2.12. The van der Waals surface area contributed by atoms with Crippen LogP contribution in [-0.4, -0.2) is 9.97 Å². The lowest BCUT2D eigenvalue weighted by molar-refractivity contribution is 0.562. The number of hydrogen-bond donors (Lipinski definition) is 1. The fourth-order valence-electron chi connectivity index (χ4n) is 1.90. The van der Waals surface area contributed by atoms with E-state index in [0.717, 1.165) is 17.9 Å². The average molecular weight is 272 g/mol. The first kappa shape index (κ1) is 13.9. The minimum absolute atomic E-state index is 0.0541. The molecule has 1 N–H and O–H groups in total. The monoisotopic (exact) mass is 272 g/mol. The van der Waals surface area contributed by atoms with Gasteiger partial charge in [-0.05, 0) is 18.6 Å². The molecule has 0 amide bonds. The van der Waals surface area contributed by atoms with Crippen LogP contribution in [0.4, 0.5) is 0 Å². The lowest BCUT2D eigenvalue weighted by atomic mass is 9.92. The van der Waals surface area contributed by atoms with E-state index in [4.69, 9.17) is 12.2 Å². The molecule has 100 valence electrons. The quantitative estimate of drug-likeness (QED) is 0.824. The molecule has 0 aliphatic carbocycles. The Morgan fingerprint density at radius 3 is 2.37 bits per heavy atom. The van der Waals surface area contributed by atoms with E-state index < -0.39 is 0 Å². The van der Waals surface area contributed by atoms with E-state index in [9.17, 15) is 0 Å². The highest BCUT2D eigenvalue weighted by molar-refractivity contribution is 7.71. The molecule has 0 unspecified atom stereocenters. The number of nitrogens with one attached hydrogen (secondary N) is 1. The first-order valence-corrected chi connectivity index (χ1v) is 6.92. The molecule has 2 rings (SSSR count). The largest absolute Gasteiger partial charge is 0.346 e. The van der Waals surface area contributed by atoms with Crippen LogP contribution in [0.15, 0.2) is 30.3 Å². The topological polar surface area (TPSA) is 28.7 Å². The maximum Gasteiger partial charge on any atom is 0.130 e. The van der Waals surface area contributed by atoms with Crippen LogP contribution in [0.5, 0.6) is 0 Å². The minimum Gasteiger partial charge on any atom is -0.346 e. The van der Waals surface area contributed by atoms with Gasteiger partial charge >= 0.3 is 0 Å². The number of hydrogen-bond acceptors (Lipinski definition) is 2. The lowest BCUT2D eigenvalue weighted by Gasteiger charge is -2.19. The van der Waals surface area contributed by atoms with Crippen molar-refractivity contribution in [1.82, 2.24) is 9.97 Å². The van der Waals surface area contributed by atoms with Crippen molar-refractivity contribution in [3.05, 3.63) is 57.6 Å². The molecule has 0 aliphatic rings. The van der Waals surface area contributed by atoms with Gasteiger partial charge in [-0.25, -0.2) is 4.98 Å². The number of aryl methyl sites for hydroxylation is 1. The molecule has 3 heteroatoms. The lowest BCUT2D eigenvalue weighted by Crippen LogP contribution is -2.15. The molecule has 1 aromatic carbocycles. The van der Waals surface area contributed by atoms with E-state index in [2.05, 4.69) is 61.9 Å². The molecule has 2 nitrogen and oxygen atoms in total. The predicted molar refractivity (Wildman–Crippen MR) is 82.1 cm³/mol. The van der Waals surface area contributed by atoms with Gasteiger partial charge in [-0.3, -0.25) is 0 Å². The molecule has 0 fully saturated rings. The number of rotatable bonds is 2. The summed E-state index contributed by atoms with van der Waals surface area (Å²) < 4.78 is 0.658. The van der Waals surface area contributed by atoms with E-state index in [0.29, 0.717) is 4.64 Å². The summed E-state index contributed by atoms with van der Waals surface area (Å²) in [6.07, 6.45) is 0.786. The molecule has 0 radical (unpaired) electrons. The normalized spacial score (nSPS) is 11.6. The third-order valence-electron chi connectivity index (χ3n) is 3.09. The highest BCUT2D eigenvalue weighted by Gasteiger charge is 2.15. The first-order valence-electron chi connectivity index (χ1n) is 6.51. The summed E-state index contributed by atoms with van der Waals surface area (Å²) in [5.41, 5.74) is 3.70. The van der Waals surface area contributed by atoms with Gasteiger partial charge in [-0.2, -0.15) is 0 Å². The maximum atomic E-state index is 5.26. The average Bonchev–Trinajstić information content (AvgIpc) is 2.30. The van der Waals surface area contributed by atoms with E-state index in [-0.39, 0.29) is 5.41 Å². The van der Waals surface area contributed by atoms with E-state index in [1.807, 2.05) is 6.07 Å². The highest BCUT2D eigenvalue weighted by Crippen LogP contribution is 2.20. The maximum absolute atomic E-state index is 5.26. The third kappa shape index (κ3) is 3.74. The van der Waals surface area contributed by atoms with Crippen molar-refractivity contribution < 1.29 is 0 Å². The molecule has 1 aromatic heterocycles. The van der Waals surface area contributed by atoms with Gasteiger partial charge < -0.3 is 4.98 Å². The van der Waals surface area contributed by atoms with Crippen LogP contribution in [0.25, 0.3) is 0 Å². The fraction of sp³-hybridized carbons (Fsp3) is 0.375. The van der Waals surface area contributed by atoms with Crippen molar-refractivity contribution in [3.63, 3.8) is 0 Å². The molecule has 0 atom stereocenters. The standard InChI is InChI=1S/C16H20N2S/c1-11-5-7-12(8-6-11)9-14-17-13(16(2,3)4)10-15(19)18-14/h5-8,10H,9H2,1-4H3,(H,17,18,19). The van der Waals surface area contributed by atoms with Crippen LogP contribution >= 0.6 is 12.2 Å². The Bertz CT molecular complexity index is 618. The second-order valence-corrected chi connectivity index (χ2v) is 6.41. The van der Waals surface area contributed by atoms with E-state index >= 15 is 0 Å². The second kappa shape index (κ2) is 5.25. The molecule has 19 heavy (non-hydrogen) atoms. The molecule has 0 bridgehead atoms. The van der Waals surface area contributed by atoms with Crippen molar-refractivity contribution in [2.24, 2.45) is 0 Å². The Morgan fingerprint density at radius 1 is 1.16 bits per heavy atom. The van der Waals surface area contributed by atoms with Crippen molar-refractivity contribution in [2.75, 3.05) is 0 Å². The van der Waals surface area contributed by atoms with Gasteiger partial charge in [0.25, 0.3) is 0 Å². The molecule has 0 spiro atoms. The van der Waals surface area contributed by atoms with Crippen LogP contribution in [0.3, 0.4) is 0 Å².